The lowest BCUT2D eigenvalue weighted by Gasteiger charge is -2.27. The highest BCUT2D eigenvalue weighted by atomic mass is 16.5. The van der Waals surface area contributed by atoms with E-state index < -0.39 is 17.9 Å². The van der Waals surface area contributed by atoms with Crippen LogP contribution in [-0.2, 0) is 4.74 Å². The molecule has 0 bridgehead atoms. The highest BCUT2D eigenvalue weighted by molar-refractivity contribution is 5.08. The molecule has 0 heterocycles. The van der Waals surface area contributed by atoms with Gasteiger partial charge in [0.1, 0.15) is 6.10 Å². The Balaban J connectivity index is 4.25. The highest BCUT2D eigenvalue weighted by Gasteiger charge is 2.33. The number of hydrogen-bond acceptors (Lipinski definition) is 4. The lowest BCUT2D eigenvalue weighted by atomic mass is 10.0. The number of terminal acetylenes is 1. The molecule has 0 aliphatic rings. The van der Waals surface area contributed by atoms with Crippen LogP contribution in [0.3, 0.4) is 0 Å². The zero-order valence-corrected chi connectivity index (χ0v) is 6.61. The number of hydrogen-bond donors (Lipinski definition) is 3. The van der Waals surface area contributed by atoms with Gasteiger partial charge in [0.05, 0.1) is 6.10 Å². The molecule has 0 saturated heterocycles. The van der Waals surface area contributed by atoms with Gasteiger partial charge in [0.15, 0.2) is 0 Å². The van der Waals surface area contributed by atoms with Crippen molar-refractivity contribution in [2.24, 2.45) is 5.73 Å². The van der Waals surface area contributed by atoms with Crippen molar-refractivity contribution in [1.29, 1.82) is 0 Å². The Kier molecular flexibility index (Phi) is 3.49. The van der Waals surface area contributed by atoms with Gasteiger partial charge in [-0.05, 0) is 6.92 Å². The predicted octanol–water partition coefficient (Wildman–Crippen LogP) is -1.34. The summed E-state index contributed by atoms with van der Waals surface area (Å²) >= 11 is 0. The monoisotopic (exact) mass is 159 g/mol. The van der Waals surface area contributed by atoms with Gasteiger partial charge in [-0.2, -0.15) is 0 Å². The molecule has 0 rings (SSSR count). The molecule has 0 aliphatic heterocycles. The molecule has 4 N–H and O–H groups in total. The zero-order valence-electron chi connectivity index (χ0n) is 6.61. The molecule has 0 amide bonds. The Hall–Kier alpha value is -0.600. The standard InChI is InChI=1S/C7H13NO3/c1-4-7(8,10)6(9)5(2)11-3/h1,5-6,9-10H,8H2,2-3H3/t5-,6-,7-/m1/s1. The maximum absolute atomic E-state index is 9.20. The van der Waals surface area contributed by atoms with E-state index >= 15 is 0 Å². The molecular formula is C7H13NO3. The van der Waals surface area contributed by atoms with E-state index in [1.54, 1.807) is 6.92 Å². The summed E-state index contributed by atoms with van der Waals surface area (Å²) in [5, 5.41) is 18.3. The summed E-state index contributed by atoms with van der Waals surface area (Å²) in [6, 6.07) is 0. The summed E-state index contributed by atoms with van der Waals surface area (Å²) < 4.78 is 4.71. The zero-order chi connectivity index (χ0) is 9.07. The fourth-order valence-corrected chi connectivity index (χ4v) is 0.572. The molecule has 0 aromatic rings. The third-order valence-electron chi connectivity index (χ3n) is 1.50. The van der Waals surface area contributed by atoms with Crippen LogP contribution in [0, 0.1) is 12.3 Å². The second kappa shape index (κ2) is 3.69. The largest absolute Gasteiger partial charge is 0.385 e. The van der Waals surface area contributed by atoms with Gasteiger partial charge in [-0.25, -0.2) is 0 Å². The molecule has 11 heavy (non-hydrogen) atoms. The van der Waals surface area contributed by atoms with Crippen molar-refractivity contribution in [3.8, 4) is 12.3 Å². The fourth-order valence-electron chi connectivity index (χ4n) is 0.572. The van der Waals surface area contributed by atoms with Crippen LogP contribution in [0.1, 0.15) is 6.92 Å². The Bertz CT molecular complexity index is 162. The average Bonchev–Trinajstić information content (AvgIpc) is 2.01. The number of aliphatic hydroxyl groups excluding tert-OH is 1. The van der Waals surface area contributed by atoms with Gasteiger partial charge in [-0.3, -0.25) is 5.73 Å². The third kappa shape index (κ3) is 2.48. The maximum Gasteiger partial charge on any atom is 0.206 e. The van der Waals surface area contributed by atoms with Gasteiger partial charge >= 0.3 is 0 Å². The molecule has 0 aliphatic carbocycles. The average molecular weight is 159 g/mol. The van der Waals surface area contributed by atoms with E-state index in [4.69, 9.17) is 22.0 Å². The number of nitrogens with two attached hydrogens (primary N) is 1. The van der Waals surface area contributed by atoms with Crippen molar-refractivity contribution in [1.82, 2.24) is 0 Å². The Labute approximate surface area is 66.0 Å². The van der Waals surface area contributed by atoms with E-state index in [1.165, 1.54) is 7.11 Å². The van der Waals surface area contributed by atoms with Crippen LogP contribution in [0.4, 0.5) is 0 Å². The second-order valence-electron chi connectivity index (χ2n) is 2.36. The lowest BCUT2D eigenvalue weighted by molar-refractivity contribution is -0.0970. The molecule has 0 fully saturated rings. The third-order valence-corrected chi connectivity index (χ3v) is 1.50. The van der Waals surface area contributed by atoms with Gasteiger partial charge < -0.3 is 14.9 Å². The van der Waals surface area contributed by atoms with E-state index in [1.807, 2.05) is 5.92 Å². The number of aliphatic hydroxyl groups is 2. The van der Waals surface area contributed by atoms with Gasteiger partial charge in [0.25, 0.3) is 0 Å². The highest BCUT2D eigenvalue weighted by Crippen LogP contribution is 2.08. The Morgan fingerprint density at radius 2 is 2.18 bits per heavy atom. The van der Waals surface area contributed by atoms with E-state index in [0.717, 1.165) is 0 Å². The molecule has 0 aromatic heterocycles. The first-order valence-electron chi connectivity index (χ1n) is 3.15. The van der Waals surface area contributed by atoms with Crippen LogP contribution in [0.15, 0.2) is 0 Å². The van der Waals surface area contributed by atoms with Crippen LogP contribution in [0.2, 0.25) is 0 Å². The van der Waals surface area contributed by atoms with Crippen molar-refractivity contribution in [2.75, 3.05) is 7.11 Å². The fraction of sp³-hybridized carbons (Fsp3) is 0.714. The predicted molar refractivity (Wildman–Crippen MR) is 40.4 cm³/mol. The van der Waals surface area contributed by atoms with E-state index in [9.17, 15) is 5.11 Å². The van der Waals surface area contributed by atoms with Gasteiger partial charge in [0.2, 0.25) is 5.72 Å². The number of rotatable bonds is 3. The summed E-state index contributed by atoms with van der Waals surface area (Å²) in [5.74, 6) is 1.86. The van der Waals surface area contributed by atoms with Crippen LogP contribution in [0.5, 0.6) is 0 Å². The summed E-state index contributed by atoms with van der Waals surface area (Å²) in [6.45, 7) is 1.56. The van der Waals surface area contributed by atoms with Crippen LogP contribution in [0.25, 0.3) is 0 Å². The first kappa shape index (κ1) is 10.4. The van der Waals surface area contributed by atoms with Crippen molar-refractivity contribution in [2.45, 2.75) is 24.9 Å². The molecule has 3 atom stereocenters. The SMILES string of the molecule is C#C[C@@](N)(O)[C@H](O)[C@@H](C)OC. The summed E-state index contributed by atoms with van der Waals surface area (Å²) in [4.78, 5) is 0. The normalized spacial score (nSPS) is 21.5. The van der Waals surface area contributed by atoms with Crippen LogP contribution < -0.4 is 5.73 Å². The quantitative estimate of drug-likeness (QED) is 0.352. The maximum atomic E-state index is 9.20. The van der Waals surface area contributed by atoms with Gasteiger partial charge in [0, 0.05) is 7.11 Å². The minimum absolute atomic E-state index is 0.596. The molecule has 4 heteroatoms. The first-order chi connectivity index (χ1) is 4.95. The molecule has 0 spiro atoms. The first-order valence-corrected chi connectivity index (χ1v) is 3.15. The number of methoxy groups -OCH3 is 1. The van der Waals surface area contributed by atoms with Crippen LogP contribution >= 0.6 is 0 Å². The second-order valence-corrected chi connectivity index (χ2v) is 2.36. The molecule has 64 valence electrons. The van der Waals surface area contributed by atoms with Crippen molar-refractivity contribution in [3.63, 3.8) is 0 Å². The van der Waals surface area contributed by atoms with Gasteiger partial charge in [-0.15, -0.1) is 6.42 Å². The van der Waals surface area contributed by atoms with Crippen molar-refractivity contribution < 1.29 is 14.9 Å². The minimum atomic E-state index is -2.02. The number of ether oxygens (including phenoxy) is 1. The Morgan fingerprint density at radius 3 is 2.45 bits per heavy atom. The van der Waals surface area contributed by atoms with Crippen molar-refractivity contribution >= 4 is 0 Å². The van der Waals surface area contributed by atoms with Gasteiger partial charge in [-0.1, -0.05) is 5.92 Å². The summed E-state index contributed by atoms with van der Waals surface area (Å²) in [7, 11) is 1.39. The topological polar surface area (TPSA) is 75.7 Å². The molecular weight excluding hydrogens is 146 g/mol. The lowest BCUT2D eigenvalue weighted by Crippen LogP contribution is -2.54. The molecule has 4 nitrogen and oxygen atoms in total. The Morgan fingerprint density at radius 1 is 1.73 bits per heavy atom. The van der Waals surface area contributed by atoms with Crippen LogP contribution in [-0.4, -0.2) is 35.3 Å². The summed E-state index contributed by atoms with van der Waals surface area (Å²) in [5.41, 5.74) is 3.11. The molecule has 0 saturated carbocycles. The van der Waals surface area contributed by atoms with E-state index in [2.05, 4.69) is 0 Å². The van der Waals surface area contributed by atoms with Crippen molar-refractivity contribution in [3.05, 3.63) is 0 Å². The molecule has 0 unspecified atom stereocenters. The van der Waals surface area contributed by atoms with E-state index in [-0.39, 0.29) is 0 Å². The molecule has 0 radical (unpaired) electrons. The van der Waals surface area contributed by atoms with E-state index in [0.29, 0.717) is 0 Å². The smallest absolute Gasteiger partial charge is 0.206 e. The minimum Gasteiger partial charge on any atom is -0.385 e. The molecule has 0 aromatic carbocycles. The summed E-state index contributed by atoms with van der Waals surface area (Å²) in [6.07, 6.45) is 2.98.